The number of nitrogens with zero attached hydrogens (tertiary/aromatic N) is 2. The first-order chi connectivity index (χ1) is 7.43. The molecule has 1 aliphatic rings. The minimum atomic E-state index is -3.42. The van der Waals surface area contributed by atoms with Crippen LogP contribution in [-0.4, -0.2) is 30.6 Å². The van der Waals surface area contributed by atoms with Gasteiger partial charge in [-0.15, -0.1) is 0 Å². The Labute approximate surface area is 98.3 Å². The van der Waals surface area contributed by atoms with Gasteiger partial charge in [0.15, 0.2) is 5.25 Å². The van der Waals surface area contributed by atoms with Gasteiger partial charge in [-0.25, -0.2) is 8.42 Å². The molecule has 0 aromatic rings. The lowest BCUT2D eigenvalue weighted by Crippen LogP contribution is -2.47. The van der Waals surface area contributed by atoms with Gasteiger partial charge < -0.3 is 0 Å². The molecular formula is C11H20N2O2S. The Balaban J connectivity index is 2.88. The summed E-state index contributed by atoms with van der Waals surface area (Å²) in [5.41, 5.74) is 0. The Kier molecular flexibility index (Phi) is 4.34. The SMILES string of the molecule is CCC(C#N)S(=O)(=O)N1CCC(C)CC1C. The average Bonchev–Trinajstić information content (AvgIpc) is 2.18. The van der Waals surface area contributed by atoms with Crippen LogP contribution in [-0.2, 0) is 10.0 Å². The molecule has 0 bridgehead atoms. The van der Waals surface area contributed by atoms with Crippen molar-refractivity contribution in [2.45, 2.75) is 51.3 Å². The maximum absolute atomic E-state index is 12.2. The highest BCUT2D eigenvalue weighted by Crippen LogP contribution is 2.26. The second-order valence-corrected chi connectivity index (χ2v) is 6.73. The van der Waals surface area contributed by atoms with Gasteiger partial charge >= 0.3 is 0 Å². The molecule has 4 nitrogen and oxygen atoms in total. The summed E-state index contributed by atoms with van der Waals surface area (Å²) in [6.45, 7) is 6.37. The summed E-state index contributed by atoms with van der Waals surface area (Å²) in [7, 11) is -3.42. The highest BCUT2D eigenvalue weighted by Gasteiger charge is 2.36. The molecule has 1 heterocycles. The molecule has 1 fully saturated rings. The molecule has 1 saturated heterocycles. The van der Waals surface area contributed by atoms with Crippen LogP contribution in [0.25, 0.3) is 0 Å². The van der Waals surface area contributed by atoms with Gasteiger partial charge in [-0.3, -0.25) is 0 Å². The summed E-state index contributed by atoms with van der Waals surface area (Å²) < 4.78 is 25.9. The molecule has 3 unspecified atom stereocenters. The van der Waals surface area contributed by atoms with Gasteiger partial charge in [0.2, 0.25) is 10.0 Å². The van der Waals surface area contributed by atoms with Crippen molar-refractivity contribution in [3.8, 4) is 6.07 Å². The predicted octanol–water partition coefficient (Wildman–Crippen LogP) is 1.74. The average molecular weight is 244 g/mol. The third-order valence-corrected chi connectivity index (χ3v) is 5.63. The maximum Gasteiger partial charge on any atom is 0.230 e. The molecule has 0 amide bonds. The van der Waals surface area contributed by atoms with Gasteiger partial charge in [0.05, 0.1) is 6.07 Å². The minimum absolute atomic E-state index is 0.0242. The number of piperidine rings is 1. The first-order valence-corrected chi connectivity index (χ1v) is 7.34. The van der Waals surface area contributed by atoms with Crippen molar-refractivity contribution in [3.63, 3.8) is 0 Å². The van der Waals surface area contributed by atoms with Gasteiger partial charge in [-0.05, 0) is 32.1 Å². The van der Waals surface area contributed by atoms with E-state index in [9.17, 15) is 8.42 Å². The van der Waals surface area contributed by atoms with E-state index in [4.69, 9.17) is 5.26 Å². The van der Waals surface area contributed by atoms with Crippen molar-refractivity contribution in [1.82, 2.24) is 4.31 Å². The number of nitriles is 1. The standard InChI is InChI=1S/C11H20N2O2S/c1-4-11(8-12)16(14,15)13-6-5-9(2)7-10(13)3/h9-11H,4-7H2,1-3H3. The summed E-state index contributed by atoms with van der Waals surface area (Å²) in [6, 6.07) is 1.92. The summed E-state index contributed by atoms with van der Waals surface area (Å²) in [4.78, 5) is 0. The van der Waals surface area contributed by atoms with E-state index in [0.717, 1.165) is 12.8 Å². The molecule has 16 heavy (non-hydrogen) atoms. The second kappa shape index (κ2) is 5.15. The summed E-state index contributed by atoms with van der Waals surface area (Å²) in [5.74, 6) is 0.573. The van der Waals surface area contributed by atoms with Crippen molar-refractivity contribution >= 4 is 10.0 Å². The van der Waals surface area contributed by atoms with Crippen molar-refractivity contribution in [2.24, 2.45) is 5.92 Å². The number of hydrogen-bond acceptors (Lipinski definition) is 3. The van der Waals surface area contributed by atoms with Crippen LogP contribution in [0.2, 0.25) is 0 Å². The van der Waals surface area contributed by atoms with E-state index in [1.54, 1.807) is 6.92 Å². The lowest BCUT2D eigenvalue weighted by molar-refractivity contribution is 0.219. The van der Waals surface area contributed by atoms with Crippen molar-refractivity contribution in [2.75, 3.05) is 6.54 Å². The Morgan fingerprint density at radius 3 is 2.56 bits per heavy atom. The number of rotatable bonds is 3. The molecule has 92 valence electrons. The zero-order valence-corrected chi connectivity index (χ0v) is 11.0. The van der Waals surface area contributed by atoms with Crippen LogP contribution in [0.5, 0.6) is 0 Å². The fourth-order valence-electron chi connectivity index (χ4n) is 2.30. The van der Waals surface area contributed by atoms with Crippen LogP contribution in [0, 0.1) is 17.2 Å². The molecule has 1 rings (SSSR count). The quantitative estimate of drug-likeness (QED) is 0.759. The smallest absolute Gasteiger partial charge is 0.211 e. The molecule has 3 atom stereocenters. The molecule has 0 spiro atoms. The summed E-state index contributed by atoms with van der Waals surface area (Å²) in [6.07, 6.45) is 2.14. The van der Waals surface area contributed by atoms with E-state index < -0.39 is 15.3 Å². The van der Waals surface area contributed by atoms with Gasteiger partial charge in [-0.2, -0.15) is 9.57 Å². The van der Waals surface area contributed by atoms with E-state index in [0.29, 0.717) is 18.9 Å². The van der Waals surface area contributed by atoms with Gasteiger partial charge in [-0.1, -0.05) is 13.8 Å². The lowest BCUT2D eigenvalue weighted by atomic mass is 9.95. The van der Waals surface area contributed by atoms with Crippen LogP contribution in [0.4, 0.5) is 0 Å². The third-order valence-electron chi connectivity index (χ3n) is 3.28. The van der Waals surface area contributed by atoms with Crippen molar-refractivity contribution < 1.29 is 8.42 Å². The number of hydrogen-bond donors (Lipinski definition) is 0. The predicted molar refractivity (Wildman–Crippen MR) is 63.2 cm³/mol. The molecule has 0 radical (unpaired) electrons. The molecule has 0 aliphatic carbocycles. The van der Waals surface area contributed by atoms with Crippen molar-refractivity contribution in [3.05, 3.63) is 0 Å². The van der Waals surface area contributed by atoms with E-state index >= 15 is 0 Å². The van der Waals surface area contributed by atoms with Gasteiger partial charge in [0.25, 0.3) is 0 Å². The van der Waals surface area contributed by atoms with E-state index in [1.165, 1.54) is 4.31 Å². The van der Waals surface area contributed by atoms with Gasteiger partial charge in [0.1, 0.15) is 0 Å². The lowest BCUT2D eigenvalue weighted by Gasteiger charge is -2.36. The normalized spacial score (nSPS) is 29.6. The fourth-order valence-corrected chi connectivity index (χ4v) is 4.12. The highest BCUT2D eigenvalue weighted by atomic mass is 32.2. The van der Waals surface area contributed by atoms with E-state index in [2.05, 4.69) is 6.92 Å². The first kappa shape index (κ1) is 13.5. The van der Waals surface area contributed by atoms with Gasteiger partial charge in [0, 0.05) is 12.6 Å². The molecule has 0 saturated carbocycles. The third kappa shape index (κ3) is 2.55. The second-order valence-electron chi connectivity index (χ2n) is 4.66. The van der Waals surface area contributed by atoms with Crippen LogP contribution in [0.15, 0.2) is 0 Å². The monoisotopic (exact) mass is 244 g/mol. The molecule has 0 N–H and O–H groups in total. The van der Waals surface area contributed by atoms with Crippen LogP contribution < -0.4 is 0 Å². The van der Waals surface area contributed by atoms with E-state index in [-0.39, 0.29) is 6.04 Å². The molecule has 1 aliphatic heterocycles. The molecule has 0 aromatic heterocycles. The fraction of sp³-hybridized carbons (Fsp3) is 0.909. The highest BCUT2D eigenvalue weighted by molar-refractivity contribution is 7.90. The zero-order chi connectivity index (χ0) is 12.3. The Morgan fingerprint density at radius 2 is 2.12 bits per heavy atom. The Morgan fingerprint density at radius 1 is 1.50 bits per heavy atom. The van der Waals surface area contributed by atoms with Crippen LogP contribution >= 0.6 is 0 Å². The molecule has 5 heteroatoms. The Hall–Kier alpha value is -0.600. The topological polar surface area (TPSA) is 61.2 Å². The van der Waals surface area contributed by atoms with E-state index in [1.807, 2.05) is 13.0 Å². The molecule has 0 aromatic carbocycles. The van der Waals surface area contributed by atoms with Crippen molar-refractivity contribution in [1.29, 1.82) is 5.26 Å². The first-order valence-electron chi connectivity index (χ1n) is 5.83. The largest absolute Gasteiger partial charge is 0.230 e. The minimum Gasteiger partial charge on any atom is -0.211 e. The zero-order valence-electron chi connectivity index (χ0n) is 10.2. The van der Waals surface area contributed by atoms with Crippen LogP contribution in [0.1, 0.15) is 40.0 Å². The number of sulfonamides is 1. The Bertz CT molecular complexity index is 372. The summed E-state index contributed by atoms with van der Waals surface area (Å²) in [5, 5.41) is 7.99. The van der Waals surface area contributed by atoms with Crippen LogP contribution in [0.3, 0.4) is 0 Å². The molecular weight excluding hydrogens is 224 g/mol. The summed E-state index contributed by atoms with van der Waals surface area (Å²) >= 11 is 0. The maximum atomic E-state index is 12.2.